The number of nitrogens with zero attached hydrogens (tertiary/aromatic N) is 3. The zero-order valence-corrected chi connectivity index (χ0v) is 20.0. The Morgan fingerprint density at radius 3 is 2.33 bits per heavy atom. The highest BCUT2D eigenvalue weighted by molar-refractivity contribution is 7.89. The number of carbonyl (C=O) groups excluding carboxylic acids is 1. The summed E-state index contributed by atoms with van der Waals surface area (Å²) in [7, 11) is -3.60. The normalized spacial score (nSPS) is 19.4. The molecule has 3 aromatic rings. The zero-order valence-electron chi connectivity index (χ0n) is 19.2. The van der Waals surface area contributed by atoms with Crippen LogP contribution in [0, 0.1) is 25.7 Å². The first-order valence-electron chi connectivity index (χ1n) is 11.0. The van der Waals surface area contributed by atoms with Gasteiger partial charge in [-0.15, -0.1) is 5.10 Å². The van der Waals surface area contributed by atoms with Gasteiger partial charge in [0.2, 0.25) is 15.9 Å². The summed E-state index contributed by atoms with van der Waals surface area (Å²) >= 11 is 0. The fraction of sp³-hybridized carbons (Fsp3) is 0.375. The number of hydrogen-bond donors (Lipinski definition) is 1. The van der Waals surface area contributed by atoms with Crippen LogP contribution in [-0.2, 0) is 10.0 Å². The molecule has 0 unspecified atom stereocenters. The van der Waals surface area contributed by atoms with Gasteiger partial charge in [0, 0.05) is 24.2 Å². The second-order valence-corrected chi connectivity index (χ2v) is 10.9. The van der Waals surface area contributed by atoms with Crippen LogP contribution in [0.3, 0.4) is 0 Å². The predicted octanol–water partition coefficient (Wildman–Crippen LogP) is 4.27. The van der Waals surface area contributed by atoms with Crippen molar-refractivity contribution in [2.75, 3.05) is 18.4 Å². The lowest BCUT2D eigenvalue weighted by Gasteiger charge is -2.34. The summed E-state index contributed by atoms with van der Waals surface area (Å²) < 4.78 is 33.2. The highest BCUT2D eigenvalue weighted by atomic mass is 32.2. The van der Waals surface area contributed by atoms with Gasteiger partial charge in [0.05, 0.1) is 4.90 Å². The third kappa shape index (κ3) is 4.99. The van der Waals surface area contributed by atoms with Crippen molar-refractivity contribution in [3.05, 3.63) is 59.2 Å². The first-order chi connectivity index (χ1) is 15.6. The number of benzene rings is 2. The molecule has 1 amide bonds. The summed E-state index contributed by atoms with van der Waals surface area (Å²) in [6, 6.07) is 11.7. The highest BCUT2D eigenvalue weighted by Gasteiger charge is 2.31. The van der Waals surface area contributed by atoms with Crippen molar-refractivity contribution < 1.29 is 17.6 Å². The maximum absolute atomic E-state index is 13.0. The highest BCUT2D eigenvalue weighted by Crippen LogP contribution is 2.27. The molecular formula is C24H28N4O4S. The summed E-state index contributed by atoms with van der Waals surface area (Å²) in [6.07, 6.45) is 1.02. The van der Waals surface area contributed by atoms with E-state index in [0.717, 1.165) is 23.1 Å². The quantitative estimate of drug-likeness (QED) is 0.599. The average Bonchev–Trinajstić information content (AvgIpc) is 3.21. The van der Waals surface area contributed by atoms with Crippen LogP contribution in [0.5, 0.6) is 0 Å². The topological polar surface area (TPSA) is 105 Å². The van der Waals surface area contributed by atoms with Gasteiger partial charge in [0.1, 0.15) is 0 Å². The summed E-state index contributed by atoms with van der Waals surface area (Å²) in [4.78, 5) is 12.8. The number of carbonyl (C=O) groups is 1. The Kier molecular flexibility index (Phi) is 6.36. The van der Waals surface area contributed by atoms with Gasteiger partial charge in [-0.1, -0.05) is 36.6 Å². The number of aryl methyl sites for hydroxylation is 2. The Bertz CT molecular complexity index is 1260. The molecule has 33 heavy (non-hydrogen) atoms. The van der Waals surface area contributed by atoms with E-state index in [1.807, 2.05) is 32.0 Å². The first kappa shape index (κ1) is 23.1. The summed E-state index contributed by atoms with van der Waals surface area (Å²) in [5.74, 6) is 0.484. The molecule has 1 aliphatic heterocycles. The SMILES string of the molecule is Cc1ccc(-c2nnc(NC(=O)c3ccc(S(=O)(=O)N4C[C@@H](C)C[C@H](C)C4)cc3)o2)c(C)c1. The second-order valence-electron chi connectivity index (χ2n) is 8.98. The third-order valence-corrected chi connectivity index (χ3v) is 7.69. The van der Waals surface area contributed by atoms with E-state index >= 15 is 0 Å². The Hall–Kier alpha value is -3.04. The van der Waals surface area contributed by atoms with E-state index in [9.17, 15) is 13.2 Å². The van der Waals surface area contributed by atoms with Crippen molar-refractivity contribution in [3.8, 4) is 11.5 Å². The minimum absolute atomic E-state index is 0.0250. The van der Waals surface area contributed by atoms with Gasteiger partial charge in [0.15, 0.2) is 0 Å². The molecule has 8 nitrogen and oxygen atoms in total. The molecule has 0 saturated carbocycles. The molecule has 9 heteroatoms. The second kappa shape index (κ2) is 9.07. The molecule has 0 radical (unpaired) electrons. The molecule has 1 saturated heterocycles. The van der Waals surface area contributed by atoms with E-state index in [4.69, 9.17) is 4.42 Å². The van der Waals surface area contributed by atoms with Gasteiger partial charge in [-0.3, -0.25) is 10.1 Å². The van der Waals surface area contributed by atoms with Crippen LogP contribution in [0.4, 0.5) is 6.01 Å². The molecule has 174 valence electrons. The number of amides is 1. The van der Waals surface area contributed by atoms with E-state index in [1.54, 1.807) is 0 Å². The lowest BCUT2D eigenvalue weighted by Crippen LogP contribution is -2.42. The van der Waals surface area contributed by atoms with Gasteiger partial charge < -0.3 is 4.42 Å². The number of anilines is 1. The Labute approximate surface area is 194 Å². The van der Waals surface area contributed by atoms with Crippen LogP contribution in [0.1, 0.15) is 41.8 Å². The van der Waals surface area contributed by atoms with Crippen LogP contribution in [0.25, 0.3) is 11.5 Å². The van der Waals surface area contributed by atoms with Crippen LogP contribution in [0.2, 0.25) is 0 Å². The first-order valence-corrected chi connectivity index (χ1v) is 12.4. The van der Waals surface area contributed by atoms with Crippen LogP contribution >= 0.6 is 0 Å². The van der Waals surface area contributed by atoms with Crippen molar-refractivity contribution in [2.45, 2.75) is 39.0 Å². The van der Waals surface area contributed by atoms with Crippen LogP contribution in [0.15, 0.2) is 51.8 Å². The van der Waals surface area contributed by atoms with E-state index in [-0.39, 0.29) is 10.9 Å². The van der Waals surface area contributed by atoms with E-state index in [2.05, 4.69) is 29.4 Å². The Morgan fingerprint density at radius 2 is 1.70 bits per heavy atom. The smallest absolute Gasteiger partial charge is 0.322 e. The maximum Gasteiger partial charge on any atom is 0.322 e. The Balaban J connectivity index is 1.46. The van der Waals surface area contributed by atoms with Crippen LogP contribution in [-0.4, -0.2) is 41.9 Å². The minimum atomic E-state index is -3.60. The van der Waals surface area contributed by atoms with Crippen molar-refractivity contribution in [1.29, 1.82) is 0 Å². The third-order valence-electron chi connectivity index (χ3n) is 5.85. The number of piperidine rings is 1. The molecule has 2 heterocycles. The Morgan fingerprint density at radius 1 is 1.03 bits per heavy atom. The van der Waals surface area contributed by atoms with E-state index < -0.39 is 15.9 Å². The van der Waals surface area contributed by atoms with Gasteiger partial charge in [-0.2, -0.15) is 4.31 Å². The molecule has 4 rings (SSSR count). The van der Waals surface area contributed by atoms with Crippen molar-refractivity contribution in [2.24, 2.45) is 11.8 Å². The molecule has 0 spiro atoms. The number of sulfonamides is 1. The van der Waals surface area contributed by atoms with Crippen molar-refractivity contribution in [1.82, 2.24) is 14.5 Å². The standard InChI is InChI=1S/C24H28N4O4S/c1-15-5-10-21(18(4)12-15)23-26-27-24(32-23)25-22(29)19-6-8-20(9-7-19)33(30,31)28-13-16(2)11-17(3)14-28/h5-10,12,16-17H,11,13-14H2,1-4H3,(H,25,27,29)/t16-,17-/m0/s1. The molecule has 1 N–H and O–H groups in total. The van der Waals surface area contributed by atoms with Gasteiger partial charge >= 0.3 is 6.01 Å². The molecule has 1 fully saturated rings. The zero-order chi connectivity index (χ0) is 23.8. The number of aromatic nitrogens is 2. The molecule has 0 aliphatic carbocycles. The van der Waals surface area contributed by atoms with Crippen molar-refractivity contribution in [3.63, 3.8) is 0 Å². The fourth-order valence-electron chi connectivity index (χ4n) is 4.33. The molecule has 1 aliphatic rings. The predicted molar refractivity (Wildman–Crippen MR) is 125 cm³/mol. The summed E-state index contributed by atoms with van der Waals surface area (Å²) in [5, 5.41) is 10.5. The molecule has 0 bridgehead atoms. The fourth-order valence-corrected chi connectivity index (χ4v) is 6.01. The number of rotatable bonds is 5. The summed E-state index contributed by atoms with van der Waals surface area (Å²) in [5.41, 5.74) is 3.20. The largest absolute Gasteiger partial charge is 0.403 e. The molecule has 1 aromatic heterocycles. The molecule has 2 aromatic carbocycles. The van der Waals surface area contributed by atoms with Crippen LogP contribution < -0.4 is 5.32 Å². The maximum atomic E-state index is 13.0. The monoisotopic (exact) mass is 468 g/mol. The molecule has 2 atom stereocenters. The molecular weight excluding hydrogens is 440 g/mol. The minimum Gasteiger partial charge on any atom is -0.403 e. The summed E-state index contributed by atoms with van der Waals surface area (Å²) in [6.45, 7) is 9.10. The lowest BCUT2D eigenvalue weighted by atomic mass is 9.94. The van der Waals surface area contributed by atoms with Crippen molar-refractivity contribution >= 4 is 21.9 Å². The number of hydrogen-bond acceptors (Lipinski definition) is 6. The van der Waals surface area contributed by atoms with E-state index in [0.29, 0.717) is 36.4 Å². The van der Waals surface area contributed by atoms with Gasteiger partial charge in [-0.25, -0.2) is 8.42 Å². The van der Waals surface area contributed by atoms with Gasteiger partial charge in [0.25, 0.3) is 5.91 Å². The van der Waals surface area contributed by atoms with E-state index in [1.165, 1.54) is 28.6 Å². The number of nitrogens with one attached hydrogen (secondary N) is 1. The lowest BCUT2D eigenvalue weighted by molar-refractivity contribution is 0.102. The van der Waals surface area contributed by atoms with Gasteiger partial charge in [-0.05, 0) is 68.0 Å². The average molecular weight is 469 g/mol.